The van der Waals surface area contributed by atoms with E-state index in [2.05, 4.69) is 15.6 Å². The van der Waals surface area contributed by atoms with Crippen molar-refractivity contribution in [2.24, 2.45) is 7.05 Å². The molecule has 2 N–H and O–H groups in total. The van der Waals surface area contributed by atoms with Crippen molar-refractivity contribution in [3.05, 3.63) is 89.3 Å². The third-order valence-electron chi connectivity index (χ3n) is 5.84. The molecular weight excluding hydrogens is 425 g/mol. The lowest BCUT2D eigenvalue weighted by molar-refractivity contribution is -0.135. The molecule has 8 nitrogen and oxygen atoms in total. The van der Waals surface area contributed by atoms with Gasteiger partial charge in [-0.05, 0) is 25.5 Å². The molecule has 2 unspecified atom stereocenters. The number of benzene rings is 2. The molecule has 0 bridgehead atoms. The van der Waals surface area contributed by atoms with Crippen LogP contribution in [0.1, 0.15) is 35.5 Å². The van der Waals surface area contributed by atoms with Crippen LogP contribution in [0.3, 0.4) is 0 Å². The molecule has 0 radical (unpaired) electrons. The molecule has 3 aromatic rings. The highest BCUT2D eigenvalue weighted by Gasteiger charge is 2.49. The Labute approximate surface area is 190 Å². The SMILES string of the molecule is Cc1ccc(C2(C)NC(=O)N(CC(=O)NC(c3ccccc3F)c3nccn3C)C2=O)cc1. The Kier molecular flexibility index (Phi) is 5.71. The quantitative estimate of drug-likeness (QED) is 0.566. The van der Waals surface area contributed by atoms with Crippen LogP contribution >= 0.6 is 0 Å². The van der Waals surface area contributed by atoms with Gasteiger partial charge >= 0.3 is 6.03 Å². The average molecular weight is 449 g/mol. The van der Waals surface area contributed by atoms with Gasteiger partial charge < -0.3 is 15.2 Å². The number of imide groups is 1. The normalized spacial score (nSPS) is 18.8. The molecule has 33 heavy (non-hydrogen) atoms. The Hall–Kier alpha value is -4.01. The molecule has 1 saturated heterocycles. The summed E-state index contributed by atoms with van der Waals surface area (Å²) < 4.78 is 16.2. The van der Waals surface area contributed by atoms with Gasteiger partial charge in [-0.15, -0.1) is 0 Å². The molecule has 4 amide bonds. The van der Waals surface area contributed by atoms with E-state index in [-0.39, 0.29) is 5.56 Å². The van der Waals surface area contributed by atoms with Gasteiger partial charge in [0.15, 0.2) is 0 Å². The third kappa shape index (κ3) is 4.09. The first-order chi connectivity index (χ1) is 15.7. The van der Waals surface area contributed by atoms with E-state index >= 15 is 0 Å². The third-order valence-corrected chi connectivity index (χ3v) is 5.84. The minimum absolute atomic E-state index is 0.224. The van der Waals surface area contributed by atoms with E-state index in [4.69, 9.17) is 0 Å². The lowest BCUT2D eigenvalue weighted by Crippen LogP contribution is -2.44. The summed E-state index contributed by atoms with van der Waals surface area (Å²) in [5.74, 6) is -1.25. The molecule has 1 aliphatic rings. The smallest absolute Gasteiger partial charge is 0.325 e. The van der Waals surface area contributed by atoms with Gasteiger partial charge in [-0.3, -0.25) is 14.5 Å². The Balaban J connectivity index is 1.56. The molecule has 0 spiro atoms. The maximum atomic E-state index is 14.5. The number of aromatic nitrogens is 2. The van der Waals surface area contributed by atoms with Gasteiger partial charge in [-0.25, -0.2) is 14.2 Å². The number of carbonyl (C=O) groups excluding carboxylic acids is 3. The van der Waals surface area contributed by atoms with Crippen molar-refractivity contribution in [1.29, 1.82) is 0 Å². The first-order valence-electron chi connectivity index (χ1n) is 10.4. The molecule has 0 saturated carbocycles. The Morgan fingerprint density at radius 3 is 2.52 bits per heavy atom. The summed E-state index contributed by atoms with van der Waals surface area (Å²) in [5, 5.41) is 5.41. The fourth-order valence-corrected chi connectivity index (χ4v) is 3.92. The highest BCUT2D eigenvalue weighted by Crippen LogP contribution is 2.29. The minimum Gasteiger partial charge on any atom is -0.340 e. The van der Waals surface area contributed by atoms with Crippen LogP contribution in [-0.4, -0.2) is 38.8 Å². The zero-order valence-electron chi connectivity index (χ0n) is 18.5. The number of hydrogen-bond acceptors (Lipinski definition) is 4. The first-order valence-corrected chi connectivity index (χ1v) is 10.4. The molecule has 2 heterocycles. The molecule has 2 aromatic carbocycles. The van der Waals surface area contributed by atoms with Gasteiger partial charge in [0, 0.05) is 25.0 Å². The predicted molar refractivity (Wildman–Crippen MR) is 118 cm³/mol. The van der Waals surface area contributed by atoms with Crippen LogP contribution in [0.4, 0.5) is 9.18 Å². The predicted octanol–water partition coefficient (Wildman–Crippen LogP) is 2.54. The Morgan fingerprint density at radius 1 is 1.18 bits per heavy atom. The zero-order valence-corrected chi connectivity index (χ0v) is 18.5. The maximum Gasteiger partial charge on any atom is 0.325 e. The second-order valence-electron chi connectivity index (χ2n) is 8.23. The van der Waals surface area contributed by atoms with Gasteiger partial charge in [-0.2, -0.15) is 0 Å². The summed E-state index contributed by atoms with van der Waals surface area (Å²) in [4.78, 5) is 43.8. The van der Waals surface area contributed by atoms with Crippen LogP contribution in [0.15, 0.2) is 60.9 Å². The molecule has 170 valence electrons. The van der Waals surface area contributed by atoms with Crippen molar-refractivity contribution in [2.45, 2.75) is 25.4 Å². The molecular formula is C24H24FN5O3. The summed E-state index contributed by atoms with van der Waals surface area (Å²) in [6, 6.07) is 11.7. The minimum atomic E-state index is -1.28. The number of amides is 4. The van der Waals surface area contributed by atoms with E-state index in [1.165, 1.54) is 6.07 Å². The molecule has 1 aliphatic heterocycles. The molecule has 9 heteroatoms. The fraction of sp³-hybridized carbons (Fsp3) is 0.250. The van der Waals surface area contributed by atoms with Crippen LogP contribution < -0.4 is 10.6 Å². The summed E-state index contributed by atoms with van der Waals surface area (Å²) in [5.41, 5.74) is 0.577. The fourth-order valence-electron chi connectivity index (χ4n) is 3.92. The van der Waals surface area contributed by atoms with Crippen molar-refractivity contribution < 1.29 is 18.8 Å². The summed E-state index contributed by atoms with van der Waals surface area (Å²) in [6.07, 6.45) is 3.22. The van der Waals surface area contributed by atoms with Crippen molar-refractivity contribution in [3.63, 3.8) is 0 Å². The van der Waals surface area contributed by atoms with Crippen molar-refractivity contribution in [1.82, 2.24) is 25.1 Å². The zero-order chi connectivity index (χ0) is 23.8. The van der Waals surface area contributed by atoms with Crippen LogP contribution in [-0.2, 0) is 22.2 Å². The highest BCUT2D eigenvalue weighted by molar-refractivity contribution is 6.09. The second-order valence-corrected chi connectivity index (χ2v) is 8.23. The van der Waals surface area contributed by atoms with E-state index in [1.54, 1.807) is 61.3 Å². The number of hydrogen-bond donors (Lipinski definition) is 2. The van der Waals surface area contributed by atoms with Gasteiger partial charge in [0.25, 0.3) is 5.91 Å². The van der Waals surface area contributed by atoms with Crippen molar-refractivity contribution in [3.8, 4) is 0 Å². The van der Waals surface area contributed by atoms with Crippen LogP contribution in [0.5, 0.6) is 0 Å². The topological polar surface area (TPSA) is 96.3 Å². The van der Waals surface area contributed by atoms with Crippen LogP contribution in [0.2, 0.25) is 0 Å². The van der Waals surface area contributed by atoms with Crippen LogP contribution in [0.25, 0.3) is 0 Å². The van der Waals surface area contributed by atoms with Crippen molar-refractivity contribution >= 4 is 17.8 Å². The monoisotopic (exact) mass is 449 g/mol. The molecule has 2 atom stereocenters. The maximum absolute atomic E-state index is 14.5. The number of nitrogens with one attached hydrogen (secondary N) is 2. The largest absolute Gasteiger partial charge is 0.340 e. The molecule has 1 aromatic heterocycles. The number of rotatable bonds is 6. The molecule has 0 aliphatic carbocycles. The highest BCUT2D eigenvalue weighted by atomic mass is 19.1. The number of nitrogens with zero attached hydrogens (tertiary/aromatic N) is 3. The van der Waals surface area contributed by atoms with E-state index in [0.717, 1.165) is 10.5 Å². The lowest BCUT2D eigenvalue weighted by atomic mass is 9.91. The second kappa shape index (κ2) is 8.50. The van der Waals surface area contributed by atoms with E-state index in [1.807, 2.05) is 19.1 Å². The van der Waals surface area contributed by atoms with Crippen LogP contribution in [0, 0.1) is 12.7 Å². The Bertz CT molecular complexity index is 1220. The Morgan fingerprint density at radius 2 is 1.88 bits per heavy atom. The number of urea groups is 1. The van der Waals surface area contributed by atoms with Gasteiger partial charge in [0.2, 0.25) is 5.91 Å². The lowest BCUT2D eigenvalue weighted by Gasteiger charge is -2.23. The summed E-state index contributed by atoms with van der Waals surface area (Å²) in [6.45, 7) is 3.01. The van der Waals surface area contributed by atoms with Gasteiger partial charge in [0.05, 0.1) is 0 Å². The first kappa shape index (κ1) is 22.2. The molecule has 1 fully saturated rings. The van der Waals surface area contributed by atoms with E-state index in [9.17, 15) is 18.8 Å². The number of imidazole rings is 1. The van der Waals surface area contributed by atoms with Gasteiger partial charge in [-0.1, -0.05) is 48.0 Å². The number of aryl methyl sites for hydroxylation is 2. The standard InChI is InChI=1S/C24H24FN5O3/c1-15-8-10-16(11-9-15)24(2)22(32)30(23(33)28-24)14-19(31)27-20(21-26-12-13-29(21)3)17-6-4-5-7-18(17)25/h4-13,20H,14H2,1-3H3,(H,27,31)(H,28,33). The van der Waals surface area contributed by atoms with E-state index in [0.29, 0.717) is 11.4 Å². The summed E-state index contributed by atoms with van der Waals surface area (Å²) in [7, 11) is 1.73. The van der Waals surface area contributed by atoms with Crippen molar-refractivity contribution in [2.75, 3.05) is 6.54 Å². The van der Waals surface area contributed by atoms with E-state index < -0.39 is 41.8 Å². The molecule has 4 rings (SSSR count). The number of carbonyl (C=O) groups is 3. The average Bonchev–Trinajstić information content (AvgIpc) is 3.30. The number of halogens is 1. The van der Waals surface area contributed by atoms with Gasteiger partial charge in [0.1, 0.15) is 29.8 Å². The summed E-state index contributed by atoms with van der Waals surface area (Å²) >= 11 is 0.